The van der Waals surface area contributed by atoms with Gasteiger partial charge in [-0.2, -0.15) is 0 Å². The number of allylic oxidation sites excluding steroid dienone is 2. The lowest BCUT2D eigenvalue weighted by molar-refractivity contribution is -0.153. The minimum atomic E-state index is -0.908. The van der Waals surface area contributed by atoms with E-state index in [0.717, 1.165) is 52.7 Å². The zero-order valence-corrected chi connectivity index (χ0v) is 28.5. The number of aliphatic carboxylic acids is 1. The van der Waals surface area contributed by atoms with Gasteiger partial charge in [-0.15, -0.1) is 11.3 Å². The van der Waals surface area contributed by atoms with Gasteiger partial charge in [-0.05, 0) is 91.9 Å². The number of nitrogens with one attached hydrogen (secondary N) is 1. The normalized spacial score (nSPS) is 20.6. The standard InChI is InChI=1S/C38H46N4O4S/c1-4-31-13-14-33(47-31)35(43)41-32(36(44)42-22-30(23-42)37(45)46)19-24-5-7-28(8-6-24)34-39-20-29(21-40-34)26-11-9-25(10-12-26)27-15-17-38(2,3)18-16-27/h5-8,11,13-14,20-21,25,27,30,32H,4,9-10,12,15-19,22-23H2,1-3H3,(H,41,43)(H,45,46)/t25?,32-/m0/s1. The molecule has 1 aliphatic heterocycles. The molecule has 2 aliphatic carbocycles. The maximum atomic E-state index is 13.4. The molecule has 2 fully saturated rings. The molecule has 1 aromatic carbocycles. The lowest BCUT2D eigenvalue weighted by Crippen LogP contribution is -2.59. The summed E-state index contributed by atoms with van der Waals surface area (Å²) in [7, 11) is 0. The van der Waals surface area contributed by atoms with E-state index in [0.29, 0.717) is 22.5 Å². The van der Waals surface area contributed by atoms with Crippen molar-refractivity contribution in [1.29, 1.82) is 0 Å². The maximum Gasteiger partial charge on any atom is 0.310 e. The minimum absolute atomic E-state index is 0.155. The number of rotatable bonds is 10. The van der Waals surface area contributed by atoms with Crippen molar-refractivity contribution in [2.45, 2.75) is 84.6 Å². The second kappa shape index (κ2) is 14.1. The Morgan fingerprint density at radius 3 is 2.28 bits per heavy atom. The second-order valence-electron chi connectivity index (χ2n) is 14.4. The van der Waals surface area contributed by atoms with Crippen LogP contribution in [0.1, 0.15) is 91.4 Å². The highest BCUT2D eigenvalue weighted by atomic mass is 32.1. The summed E-state index contributed by atoms with van der Waals surface area (Å²) >= 11 is 1.42. The van der Waals surface area contributed by atoms with Gasteiger partial charge in [-0.3, -0.25) is 14.4 Å². The Bertz CT molecular complexity index is 1610. The van der Waals surface area contributed by atoms with Crippen LogP contribution in [0, 0.1) is 23.2 Å². The molecule has 9 heteroatoms. The highest BCUT2D eigenvalue weighted by molar-refractivity contribution is 7.14. The van der Waals surface area contributed by atoms with Crippen LogP contribution < -0.4 is 5.32 Å². The number of likely N-dealkylation sites (tertiary alicyclic amines) is 1. The topological polar surface area (TPSA) is 112 Å². The molecule has 0 spiro atoms. The zero-order chi connectivity index (χ0) is 33.1. The van der Waals surface area contributed by atoms with Gasteiger partial charge in [0.25, 0.3) is 5.91 Å². The lowest BCUT2D eigenvalue weighted by Gasteiger charge is -2.39. The van der Waals surface area contributed by atoms with Crippen LogP contribution in [0.5, 0.6) is 0 Å². The summed E-state index contributed by atoms with van der Waals surface area (Å²) in [5.41, 5.74) is 4.71. The predicted molar refractivity (Wildman–Crippen MR) is 185 cm³/mol. The van der Waals surface area contributed by atoms with Crippen LogP contribution in [0.2, 0.25) is 0 Å². The minimum Gasteiger partial charge on any atom is -0.481 e. The van der Waals surface area contributed by atoms with Gasteiger partial charge >= 0.3 is 5.97 Å². The fourth-order valence-electron chi connectivity index (χ4n) is 7.26. The van der Waals surface area contributed by atoms with Gasteiger partial charge in [-0.25, -0.2) is 9.97 Å². The summed E-state index contributed by atoms with van der Waals surface area (Å²) in [6.07, 6.45) is 16.3. The van der Waals surface area contributed by atoms with Crippen molar-refractivity contribution in [2.75, 3.05) is 13.1 Å². The van der Waals surface area contributed by atoms with E-state index in [1.54, 1.807) is 6.07 Å². The molecule has 0 bridgehead atoms. The zero-order valence-electron chi connectivity index (χ0n) is 27.7. The van der Waals surface area contributed by atoms with E-state index in [9.17, 15) is 19.5 Å². The van der Waals surface area contributed by atoms with Crippen molar-refractivity contribution in [3.8, 4) is 11.4 Å². The number of carbonyl (C=O) groups excluding carboxylic acids is 2. The van der Waals surface area contributed by atoms with Gasteiger partial charge < -0.3 is 15.3 Å². The molecule has 2 amide bonds. The van der Waals surface area contributed by atoms with E-state index < -0.39 is 17.9 Å². The molecule has 8 nitrogen and oxygen atoms in total. The second-order valence-corrected chi connectivity index (χ2v) is 15.6. The van der Waals surface area contributed by atoms with Gasteiger partial charge in [0, 0.05) is 47.9 Å². The number of hydrogen-bond donors (Lipinski definition) is 2. The number of carbonyl (C=O) groups is 3. The van der Waals surface area contributed by atoms with Gasteiger partial charge in [-0.1, -0.05) is 51.1 Å². The number of carboxylic acids is 1. The Hall–Kier alpha value is -3.85. The SMILES string of the molecule is CCc1ccc(C(=O)N[C@@H](Cc2ccc(-c3ncc(C4=CCC(C5CCC(C)(C)CC5)CC4)cn3)cc2)C(=O)N2CC(C(=O)O)C2)s1. The molecule has 1 saturated carbocycles. The Labute approximate surface area is 281 Å². The molecule has 1 unspecified atom stereocenters. The van der Waals surface area contributed by atoms with Crippen LogP contribution in [-0.4, -0.2) is 56.9 Å². The number of amides is 2. The summed E-state index contributed by atoms with van der Waals surface area (Å²) in [5.74, 6) is 0.272. The molecule has 2 atom stereocenters. The van der Waals surface area contributed by atoms with E-state index in [4.69, 9.17) is 9.97 Å². The van der Waals surface area contributed by atoms with E-state index in [1.807, 2.05) is 49.6 Å². The Kier molecular flexibility index (Phi) is 9.92. The summed E-state index contributed by atoms with van der Waals surface area (Å²) in [5, 5.41) is 12.2. The molecular weight excluding hydrogens is 609 g/mol. The number of carboxylic acid groups (broad SMARTS) is 1. The highest BCUT2D eigenvalue weighted by Crippen LogP contribution is 2.45. The summed E-state index contributed by atoms with van der Waals surface area (Å²) in [6, 6.07) is 10.7. The Morgan fingerprint density at radius 2 is 1.68 bits per heavy atom. The van der Waals surface area contributed by atoms with Gasteiger partial charge in [0.1, 0.15) is 6.04 Å². The predicted octanol–water partition coefficient (Wildman–Crippen LogP) is 7.05. The van der Waals surface area contributed by atoms with Crippen LogP contribution in [0.25, 0.3) is 17.0 Å². The molecule has 248 valence electrons. The molecule has 2 N–H and O–H groups in total. The fourth-order valence-corrected chi connectivity index (χ4v) is 8.11. The number of nitrogens with zero attached hydrogens (tertiary/aromatic N) is 3. The third kappa shape index (κ3) is 7.83. The third-order valence-corrected chi connectivity index (χ3v) is 11.8. The number of aromatic nitrogens is 2. The number of benzene rings is 1. The number of thiophene rings is 1. The van der Waals surface area contributed by atoms with Crippen molar-refractivity contribution in [3.63, 3.8) is 0 Å². The van der Waals surface area contributed by atoms with Crippen LogP contribution in [0.15, 0.2) is 54.9 Å². The first-order valence-electron chi connectivity index (χ1n) is 17.1. The smallest absolute Gasteiger partial charge is 0.310 e. The van der Waals surface area contributed by atoms with E-state index in [1.165, 1.54) is 53.9 Å². The number of aryl methyl sites for hydroxylation is 1. The van der Waals surface area contributed by atoms with Crippen LogP contribution in [0.3, 0.4) is 0 Å². The monoisotopic (exact) mass is 654 g/mol. The molecule has 3 heterocycles. The van der Waals surface area contributed by atoms with Gasteiger partial charge in [0.2, 0.25) is 5.91 Å². The van der Waals surface area contributed by atoms with E-state index in [2.05, 4.69) is 25.2 Å². The molecule has 6 rings (SSSR count). The molecule has 2 aromatic heterocycles. The molecule has 3 aromatic rings. The first kappa shape index (κ1) is 33.1. The average molecular weight is 655 g/mol. The highest BCUT2D eigenvalue weighted by Gasteiger charge is 2.39. The van der Waals surface area contributed by atoms with Crippen molar-refractivity contribution >= 4 is 34.7 Å². The lowest BCUT2D eigenvalue weighted by atomic mass is 9.67. The average Bonchev–Trinajstić information content (AvgIpc) is 3.54. The van der Waals surface area contributed by atoms with Crippen molar-refractivity contribution in [3.05, 3.63) is 75.7 Å². The summed E-state index contributed by atoms with van der Waals surface area (Å²) in [6.45, 7) is 7.16. The van der Waals surface area contributed by atoms with Gasteiger partial charge in [0.15, 0.2) is 5.82 Å². The molecule has 1 saturated heterocycles. The van der Waals surface area contributed by atoms with Crippen molar-refractivity contribution in [1.82, 2.24) is 20.2 Å². The Balaban J connectivity index is 1.08. The first-order chi connectivity index (χ1) is 22.6. The quantitative estimate of drug-likeness (QED) is 0.242. The maximum absolute atomic E-state index is 13.4. The molecule has 0 radical (unpaired) electrons. The van der Waals surface area contributed by atoms with Crippen molar-refractivity contribution in [2.24, 2.45) is 23.2 Å². The molecule has 3 aliphatic rings. The van der Waals surface area contributed by atoms with Gasteiger partial charge in [0.05, 0.1) is 10.8 Å². The third-order valence-electron chi connectivity index (χ3n) is 10.6. The largest absolute Gasteiger partial charge is 0.481 e. The van der Waals surface area contributed by atoms with Crippen LogP contribution >= 0.6 is 11.3 Å². The van der Waals surface area contributed by atoms with E-state index in [-0.39, 0.29) is 24.9 Å². The Morgan fingerprint density at radius 1 is 0.979 bits per heavy atom. The molecular formula is C38H46N4O4S. The summed E-state index contributed by atoms with van der Waals surface area (Å²) < 4.78 is 0. The summed E-state index contributed by atoms with van der Waals surface area (Å²) in [4.78, 5) is 50.4. The first-order valence-corrected chi connectivity index (χ1v) is 17.9. The molecule has 47 heavy (non-hydrogen) atoms. The van der Waals surface area contributed by atoms with Crippen LogP contribution in [0.4, 0.5) is 0 Å². The van der Waals surface area contributed by atoms with Crippen LogP contribution in [-0.2, 0) is 22.4 Å². The fraction of sp³-hybridized carbons (Fsp3) is 0.500. The van der Waals surface area contributed by atoms with Crippen molar-refractivity contribution < 1.29 is 19.5 Å². The number of hydrogen-bond acceptors (Lipinski definition) is 6. The van der Waals surface area contributed by atoms with E-state index >= 15 is 0 Å².